The Labute approximate surface area is 215 Å². The van der Waals surface area contributed by atoms with E-state index in [0.29, 0.717) is 23.4 Å². The van der Waals surface area contributed by atoms with Crippen LogP contribution in [0.5, 0.6) is 0 Å². The SMILES string of the molecule is CCCCCn1c(=NC(=O)c2ccc(C)c(C)c2)c(C(=O)OCC)cc2c(=O)n3cccc(C)c3nc21. The van der Waals surface area contributed by atoms with Crippen molar-refractivity contribution in [3.63, 3.8) is 0 Å². The first-order chi connectivity index (χ1) is 17.8. The molecule has 0 radical (unpaired) electrons. The summed E-state index contributed by atoms with van der Waals surface area (Å²) in [5.41, 5.74) is 4.10. The monoisotopic (exact) mass is 500 g/mol. The molecule has 0 aliphatic rings. The molecule has 0 atom stereocenters. The second kappa shape index (κ2) is 10.9. The number of aryl methyl sites for hydroxylation is 4. The predicted octanol–water partition coefficient (Wildman–Crippen LogP) is 4.68. The van der Waals surface area contributed by atoms with Gasteiger partial charge in [0.15, 0.2) is 5.49 Å². The number of amides is 1. The summed E-state index contributed by atoms with van der Waals surface area (Å²) in [6.45, 7) is 10.2. The molecule has 8 heteroatoms. The molecule has 0 saturated carbocycles. The number of aromatic nitrogens is 3. The fourth-order valence-corrected chi connectivity index (χ4v) is 4.33. The molecule has 0 aliphatic heterocycles. The highest BCUT2D eigenvalue weighted by atomic mass is 16.5. The first-order valence-electron chi connectivity index (χ1n) is 12.7. The van der Waals surface area contributed by atoms with Gasteiger partial charge in [-0.15, -0.1) is 0 Å². The Morgan fingerprint density at radius 2 is 1.76 bits per heavy atom. The van der Waals surface area contributed by atoms with Crippen LogP contribution in [-0.2, 0) is 11.3 Å². The number of esters is 1. The van der Waals surface area contributed by atoms with E-state index in [9.17, 15) is 14.4 Å². The first-order valence-corrected chi connectivity index (χ1v) is 12.7. The lowest BCUT2D eigenvalue weighted by Crippen LogP contribution is -2.33. The van der Waals surface area contributed by atoms with Crippen LogP contribution in [0.3, 0.4) is 0 Å². The highest BCUT2D eigenvalue weighted by molar-refractivity contribution is 5.97. The van der Waals surface area contributed by atoms with Crippen LogP contribution < -0.4 is 11.0 Å². The average molecular weight is 501 g/mol. The summed E-state index contributed by atoms with van der Waals surface area (Å²) in [5.74, 6) is -1.13. The molecule has 0 spiro atoms. The molecule has 3 heterocycles. The van der Waals surface area contributed by atoms with Gasteiger partial charge in [0.25, 0.3) is 11.5 Å². The molecule has 37 heavy (non-hydrogen) atoms. The van der Waals surface area contributed by atoms with Crippen molar-refractivity contribution in [1.82, 2.24) is 14.0 Å². The molecule has 0 bridgehead atoms. The Bertz CT molecular complexity index is 1650. The van der Waals surface area contributed by atoms with Crippen LogP contribution in [-0.4, -0.2) is 32.4 Å². The first kappa shape index (κ1) is 26.0. The zero-order valence-electron chi connectivity index (χ0n) is 22.0. The highest BCUT2D eigenvalue weighted by Crippen LogP contribution is 2.15. The number of nitrogens with zero attached hydrogens (tertiary/aromatic N) is 4. The minimum Gasteiger partial charge on any atom is -0.462 e. The lowest BCUT2D eigenvalue weighted by Gasteiger charge is -2.15. The van der Waals surface area contributed by atoms with Gasteiger partial charge in [0.2, 0.25) is 0 Å². The molecule has 4 aromatic rings. The normalized spacial score (nSPS) is 11.9. The Kier molecular flexibility index (Phi) is 7.66. The van der Waals surface area contributed by atoms with Crippen LogP contribution in [0.2, 0.25) is 0 Å². The zero-order chi connectivity index (χ0) is 26.7. The number of rotatable bonds is 7. The number of pyridine rings is 2. The minimum absolute atomic E-state index is 0.0644. The standard InChI is InChI=1S/C29H32N4O4/c1-6-8-9-14-32-25-22(28(35)33-15-10-11-19(4)24(33)30-25)17-23(29(36)37-7-2)26(32)31-27(34)21-13-12-18(3)20(5)16-21/h10-13,15-17H,6-9,14H2,1-5H3. The lowest BCUT2D eigenvalue weighted by molar-refractivity contribution is 0.0523. The van der Waals surface area contributed by atoms with Crippen LogP contribution in [0.25, 0.3) is 16.7 Å². The minimum atomic E-state index is -0.644. The number of ether oxygens (including phenoxy) is 1. The van der Waals surface area contributed by atoms with Gasteiger partial charge in [0, 0.05) is 18.3 Å². The van der Waals surface area contributed by atoms with E-state index in [0.717, 1.165) is 36.0 Å². The van der Waals surface area contributed by atoms with Crippen LogP contribution >= 0.6 is 0 Å². The summed E-state index contributed by atoms with van der Waals surface area (Å²) in [6.07, 6.45) is 4.32. The van der Waals surface area contributed by atoms with Crippen LogP contribution in [0.4, 0.5) is 0 Å². The summed E-state index contributed by atoms with van der Waals surface area (Å²) < 4.78 is 8.51. The number of benzene rings is 1. The Balaban J connectivity index is 2.11. The van der Waals surface area contributed by atoms with Gasteiger partial charge in [-0.3, -0.25) is 14.0 Å². The van der Waals surface area contributed by atoms with Crippen molar-refractivity contribution < 1.29 is 14.3 Å². The van der Waals surface area contributed by atoms with Gasteiger partial charge < -0.3 is 9.30 Å². The Morgan fingerprint density at radius 1 is 0.973 bits per heavy atom. The van der Waals surface area contributed by atoms with E-state index in [1.165, 1.54) is 10.5 Å². The van der Waals surface area contributed by atoms with Crippen LogP contribution in [0.1, 0.15) is 70.5 Å². The van der Waals surface area contributed by atoms with Crippen molar-refractivity contribution in [2.45, 2.75) is 60.4 Å². The maximum Gasteiger partial charge on any atom is 0.341 e. The molecule has 8 nitrogen and oxygen atoms in total. The molecule has 3 aromatic heterocycles. The number of hydrogen-bond acceptors (Lipinski definition) is 5. The summed E-state index contributed by atoms with van der Waals surface area (Å²) >= 11 is 0. The molecule has 0 unspecified atom stereocenters. The highest BCUT2D eigenvalue weighted by Gasteiger charge is 2.20. The third kappa shape index (κ3) is 5.09. The topological polar surface area (TPSA) is 95.0 Å². The number of hydrogen-bond donors (Lipinski definition) is 0. The van der Waals surface area contributed by atoms with E-state index in [1.54, 1.807) is 35.9 Å². The molecule has 1 aromatic carbocycles. The van der Waals surface area contributed by atoms with Crippen molar-refractivity contribution in [2.75, 3.05) is 6.61 Å². The van der Waals surface area contributed by atoms with Gasteiger partial charge in [-0.1, -0.05) is 31.9 Å². The molecule has 0 saturated heterocycles. The smallest absolute Gasteiger partial charge is 0.341 e. The van der Waals surface area contributed by atoms with E-state index >= 15 is 0 Å². The van der Waals surface area contributed by atoms with Gasteiger partial charge in [-0.25, -0.2) is 9.78 Å². The molecule has 0 aliphatic carbocycles. The van der Waals surface area contributed by atoms with Gasteiger partial charge in [0.1, 0.15) is 16.9 Å². The van der Waals surface area contributed by atoms with Crippen molar-refractivity contribution >= 4 is 28.6 Å². The molecule has 192 valence electrons. The summed E-state index contributed by atoms with van der Waals surface area (Å²) in [4.78, 5) is 49.3. The molecule has 0 fully saturated rings. The van der Waals surface area contributed by atoms with Crippen molar-refractivity contribution in [3.8, 4) is 0 Å². The zero-order valence-corrected chi connectivity index (χ0v) is 22.0. The molecular weight excluding hydrogens is 468 g/mol. The fraction of sp³-hybridized carbons (Fsp3) is 0.345. The maximum absolute atomic E-state index is 13.5. The summed E-state index contributed by atoms with van der Waals surface area (Å²) in [7, 11) is 0. The maximum atomic E-state index is 13.5. The fourth-order valence-electron chi connectivity index (χ4n) is 4.33. The van der Waals surface area contributed by atoms with Crippen molar-refractivity contribution in [1.29, 1.82) is 0 Å². The van der Waals surface area contributed by atoms with E-state index in [-0.39, 0.29) is 28.6 Å². The van der Waals surface area contributed by atoms with Gasteiger partial charge in [-0.05, 0) is 75.1 Å². The van der Waals surface area contributed by atoms with E-state index in [1.807, 2.05) is 32.9 Å². The Morgan fingerprint density at radius 3 is 2.46 bits per heavy atom. The second-order valence-electron chi connectivity index (χ2n) is 9.22. The second-order valence-corrected chi connectivity index (χ2v) is 9.22. The molecular formula is C29H32N4O4. The lowest BCUT2D eigenvalue weighted by atomic mass is 10.1. The van der Waals surface area contributed by atoms with E-state index < -0.39 is 11.9 Å². The van der Waals surface area contributed by atoms with Crippen LogP contribution in [0.15, 0.2) is 52.4 Å². The van der Waals surface area contributed by atoms with Crippen LogP contribution in [0, 0.1) is 20.8 Å². The third-order valence-electron chi connectivity index (χ3n) is 6.55. The summed E-state index contributed by atoms with van der Waals surface area (Å²) in [6, 6.07) is 10.5. The van der Waals surface area contributed by atoms with Gasteiger partial charge >= 0.3 is 5.97 Å². The number of unbranched alkanes of at least 4 members (excludes halogenated alkanes) is 2. The van der Waals surface area contributed by atoms with E-state index in [2.05, 4.69) is 11.9 Å². The number of carbonyl (C=O) groups is 2. The summed E-state index contributed by atoms with van der Waals surface area (Å²) in [5, 5.41) is 0.264. The van der Waals surface area contributed by atoms with Gasteiger partial charge in [-0.2, -0.15) is 4.99 Å². The van der Waals surface area contributed by atoms with E-state index in [4.69, 9.17) is 9.72 Å². The quantitative estimate of drug-likeness (QED) is 0.209. The average Bonchev–Trinajstić information content (AvgIpc) is 2.87. The number of fused-ring (bicyclic) bond motifs is 2. The Hall–Kier alpha value is -4.07. The third-order valence-corrected chi connectivity index (χ3v) is 6.55. The van der Waals surface area contributed by atoms with Gasteiger partial charge in [0.05, 0.1) is 12.0 Å². The molecule has 1 amide bonds. The molecule has 4 rings (SSSR count). The van der Waals surface area contributed by atoms with Crippen molar-refractivity contribution in [3.05, 3.63) is 86.3 Å². The number of carbonyl (C=O) groups excluding carboxylic acids is 2. The molecule has 0 N–H and O–H groups in total. The largest absolute Gasteiger partial charge is 0.462 e. The van der Waals surface area contributed by atoms with Crippen molar-refractivity contribution in [2.24, 2.45) is 4.99 Å². The predicted molar refractivity (Wildman–Crippen MR) is 143 cm³/mol.